The number of carboxylic acid groups (broad SMARTS) is 1. The SMILES string of the molecule is CN1CCCN(c2cccc(Cl)c2/C=C/C(=O)O)CC1=O. The van der Waals surface area contributed by atoms with Gasteiger partial charge in [-0.15, -0.1) is 0 Å². The molecule has 2 rings (SSSR count). The van der Waals surface area contributed by atoms with Gasteiger partial charge >= 0.3 is 5.97 Å². The summed E-state index contributed by atoms with van der Waals surface area (Å²) in [6, 6.07) is 5.36. The second kappa shape index (κ2) is 6.63. The number of rotatable bonds is 3. The van der Waals surface area contributed by atoms with E-state index in [0.717, 1.165) is 31.3 Å². The molecule has 1 aromatic carbocycles. The number of halogens is 1. The third-order valence-electron chi connectivity index (χ3n) is 3.44. The Bertz CT molecular complexity index is 586. The van der Waals surface area contributed by atoms with Gasteiger partial charge in [0.1, 0.15) is 0 Å². The topological polar surface area (TPSA) is 60.9 Å². The number of carbonyl (C=O) groups is 2. The van der Waals surface area contributed by atoms with E-state index in [4.69, 9.17) is 16.7 Å². The van der Waals surface area contributed by atoms with E-state index in [1.807, 2.05) is 11.0 Å². The Balaban J connectivity index is 2.36. The second-order valence-corrected chi connectivity index (χ2v) is 5.34. The zero-order valence-electron chi connectivity index (χ0n) is 11.8. The van der Waals surface area contributed by atoms with Gasteiger partial charge in [0.25, 0.3) is 0 Å². The molecule has 0 bridgehead atoms. The quantitative estimate of drug-likeness (QED) is 0.869. The molecule has 1 heterocycles. The van der Waals surface area contributed by atoms with E-state index in [1.54, 1.807) is 24.1 Å². The van der Waals surface area contributed by atoms with Crippen molar-refractivity contribution in [2.75, 3.05) is 31.6 Å². The van der Waals surface area contributed by atoms with Crippen molar-refractivity contribution in [2.45, 2.75) is 6.42 Å². The fourth-order valence-corrected chi connectivity index (χ4v) is 2.55. The maximum atomic E-state index is 12.0. The first-order valence-electron chi connectivity index (χ1n) is 6.67. The fraction of sp³-hybridized carbons (Fsp3) is 0.333. The van der Waals surface area contributed by atoms with Crippen molar-refractivity contribution in [1.29, 1.82) is 0 Å². The van der Waals surface area contributed by atoms with Crippen LogP contribution in [0, 0.1) is 0 Å². The van der Waals surface area contributed by atoms with Crippen LogP contribution in [0.1, 0.15) is 12.0 Å². The van der Waals surface area contributed by atoms with E-state index in [9.17, 15) is 9.59 Å². The number of aliphatic carboxylic acids is 1. The summed E-state index contributed by atoms with van der Waals surface area (Å²) < 4.78 is 0. The Hall–Kier alpha value is -2.01. The minimum absolute atomic E-state index is 0.0423. The summed E-state index contributed by atoms with van der Waals surface area (Å²) in [5, 5.41) is 9.25. The van der Waals surface area contributed by atoms with Crippen LogP contribution in [0.4, 0.5) is 5.69 Å². The lowest BCUT2D eigenvalue weighted by atomic mass is 10.1. The molecule has 112 valence electrons. The molecular weight excluding hydrogens is 292 g/mol. The van der Waals surface area contributed by atoms with Gasteiger partial charge in [-0.3, -0.25) is 4.79 Å². The van der Waals surface area contributed by atoms with Gasteiger partial charge in [-0.1, -0.05) is 17.7 Å². The molecule has 1 aromatic rings. The van der Waals surface area contributed by atoms with Gasteiger partial charge in [0.2, 0.25) is 5.91 Å². The highest BCUT2D eigenvalue weighted by molar-refractivity contribution is 6.32. The first-order chi connectivity index (χ1) is 9.99. The zero-order valence-corrected chi connectivity index (χ0v) is 12.5. The number of carboxylic acids is 1. The number of carbonyl (C=O) groups excluding carboxylic acids is 1. The molecule has 6 heteroatoms. The molecule has 0 aliphatic carbocycles. The van der Waals surface area contributed by atoms with E-state index < -0.39 is 5.97 Å². The lowest BCUT2D eigenvalue weighted by Gasteiger charge is -2.24. The molecular formula is C15H17ClN2O3. The van der Waals surface area contributed by atoms with Crippen molar-refractivity contribution in [3.05, 3.63) is 34.9 Å². The summed E-state index contributed by atoms with van der Waals surface area (Å²) in [4.78, 5) is 26.4. The van der Waals surface area contributed by atoms with Crippen molar-refractivity contribution in [2.24, 2.45) is 0 Å². The number of benzene rings is 1. The Kier molecular flexibility index (Phi) is 4.85. The van der Waals surface area contributed by atoms with Gasteiger partial charge < -0.3 is 14.9 Å². The van der Waals surface area contributed by atoms with Crippen LogP contribution in [0.25, 0.3) is 6.08 Å². The Morgan fingerprint density at radius 3 is 2.86 bits per heavy atom. The van der Waals surface area contributed by atoms with Gasteiger partial charge in [0, 0.05) is 42.5 Å². The number of hydrogen-bond acceptors (Lipinski definition) is 3. The van der Waals surface area contributed by atoms with Gasteiger partial charge in [0.15, 0.2) is 0 Å². The van der Waals surface area contributed by atoms with Crippen molar-refractivity contribution in [3.63, 3.8) is 0 Å². The van der Waals surface area contributed by atoms with Crippen LogP contribution in [0.2, 0.25) is 5.02 Å². The van der Waals surface area contributed by atoms with Crippen molar-refractivity contribution < 1.29 is 14.7 Å². The molecule has 1 amide bonds. The van der Waals surface area contributed by atoms with E-state index in [1.165, 1.54) is 6.08 Å². The first kappa shape index (κ1) is 15.4. The molecule has 1 aliphatic heterocycles. The lowest BCUT2D eigenvalue weighted by Crippen LogP contribution is -2.34. The minimum atomic E-state index is -1.03. The highest BCUT2D eigenvalue weighted by Crippen LogP contribution is 2.29. The molecule has 0 radical (unpaired) electrons. The second-order valence-electron chi connectivity index (χ2n) is 4.93. The summed E-state index contributed by atoms with van der Waals surface area (Å²) in [7, 11) is 1.79. The average Bonchev–Trinajstić information content (AvgIpc) is 2.59. The molecule has 1 aliphatic rings. The smallest absolute Gasteiger partial charge is 0.328 e. The van der Waals surface area contributed by atoms with Crippen molar-refractivity contribution in [3.8, 4) is 0 Å². The number of anilines is 1. The molecule has 0 unspecified atom stereocenters. The molecule has 5 nitrogen and oxygen atoms in total. The average molecular weight is 309 g/mol. The van der Waals surface area contributed by atoms with E-state index in [2.05, 4.69) is 0 Å². The summed E-state index contributed by atoms with van der Waals surface area (Å²) in [5.41, 5.74) is 1.41. The van der Waals surface area contributed by atoms with Gasteiger partial charge in [-0.05, 0) is 24.6 Å². The minimum Gasteiger partial charge on any atom is -0.478 e. The molecule has 0 saturated carbocycles. The van der Waals surface area contributed by atoms with Crippen LogP contribution in [-0.2, 0) is 9.59 Å². The van der Waals surface area contributed by atoms with Crippen LogP contribution in [0.5, 0.6) is 0 Å². The summed E-state index contributed by atoms with van der Waals surface area (Å²) in [6.07, 6.45) is 3.38. The maximum Gasteiger partial charge on any atom is 0.328 e. The summed E-state index contributed by atoms with van der Waals surface area (Å²) in [5.74, 6) is -0.992. The molecule has 0 atom stereocenters. The monoisotopic (exact) mass is 308 g/mol. The van der Waals surface area contributed by atoms with E-state index >= 15 is 0 Å². The number of hydrogen-bond donors (Lipinski definition) is 1. The molecule has 1 N–H and O–H groups in total. The highest BCUT2D eigenvalue weighted by Gasteiger charge is 2.21. The third kappa shape index (κ3) is 3.76. The van der Waals surface area contributed by atoms with Gasteiger partial charge in [0.05, 0.1) is 6.54 Å². The summed E-state index contributed by atoms with van der Waals surface area (Å²) >= 11 is 6.17. The largest absolute Gasteiger partial charge is 0.478 e. The van der Waals surface area contributed by atoms with Crippen LogP contribution < -0.4 is 4.90 Å². The van der Waals surface area contributed by atoms with Gasteiger partial charge in [-0.2, -0.15) is 0 Å². The first-order valence-corrected chi connectivity index (χ1v) is 7.05. The predicted molar refractivity (Wildman–Crippen MR) is 82.6 cm³/mol. The maximum absolute atomic E-state index is 12.0. The summed E-state index contributed by atoms with van der Waals surface area (Å²) in [6.45, 7) is 1.71. The van der Waals surface area contributed by atoms with Crippen LogP contribution in [0.15, 0.2) is 24.3 Å². The molecule has 21 heavy (non-hydrogen) atoms. The normalized spacial score (nSPS) is 16.4. The number of nitrogens with zero attached hydrogens (tertiary/aromatic N) is 2. The zero-order chi connectivity index (χ0) is 15.4. The number of amides is 1. The van der Waals surface area contributed by atoms with Crippen LogP contribution in [-0.4, -0.2) is 48.6 Å². The standard InChI is InChI=1S/C15H17ClN2O3/c1-17-8-3-9-18(10-14(17)19)13-5-2-4-12(16)11(13)6-7-15(20)21/h2,4-7H,3,8-10H2,1H3,(H,20,21)/b7-6+. The number of likely N-dealkylation sites (N-methyl/N-ethyl adjacent to an activating group) is 1. The lowest BCUT2D eigenvalue weighted by molar-refractivity contribution is -0.131. The van der Waals surface area contributed by atoms with E-state index in [0.29, 0.717) is 10.6 Å². The molecule has 1 fully saturated rings. The highest BCUT2D eigenvalue weighted by atomic mass is 35.5. The van der Waals surface area contributed by atoms with Crippen LogP contribution >= 0.6 is 11.6 Å². The predicted octanol–water partition coefficient (Wildman–Crippen LogP) is 2.11. The molecule has 0 spiro atoms. The molecule has 0 aromatic heterocycles. The van der Waals surface area contributed by atoms with Crippen LogP contribution in [0.3, 0.4) is 0 Å². The van der Waals surface area contributed by atoms with E-state index in [-0.39, 0.29) is 12.5 Å². The van der Waals surface area contributed by atoms with Crippen molar-refractivity contribution >= 4 is 35.2 Å². The Labute approximate surface area is 128 Å². The Morgan fingerprint density at radius 1 is 1.38 bits per heavy atom. The molecule has 1 saturated heterocycles. The fourth-order valence-electron chi connectivity index (χ4n) is 2.31. The van der Waals surface area contributed by atoms with Gasteiger partial charge in [-0.25, -0.2) is 4.79 Å². The Morgan fingerprint density at radius 2 is 2.14 bits per heavy atom. The van der Waals surface area contributed by atoms with Crippen molar-refractivity contribution in [1.82, 2.24) is 4.90 Å². The third-order valence-corrected chi connectivity index (χ3v) is 3.77.